The highest BCUT2D eigenvalue weighted by Gasteiger charge is 2.15. The van der Waals surface area contributed by atoms with Gasteiger partial charge in [-0.1, -0.05) is 18.7 Å². The lowest BCUT2D eigenvalue weighted by atomic mass is 10.2. The second-order valence-electron chi connectivity index (χ2n) is 4.72. The molecule has 1 heterocycles. The number of amides is 1. The Balaban J connectivity index is 2.03. The predicted molar refractivity (Wildman–Crippen MR) is 85.5 cm³/mol. The third-order valence-corrected chi connectivity index (χ3v) is 3.91. The largest absolute Gasteiger partial charge is 0.343 e. The van der Waals surface area contributed by atoms with Crippen LogP contribution in [0, 0.1) is 15.9 Å². The van der Waals surface area contributed by atoms with E-state index >= 15 is 0 Å². The number of non-ortho nitro benzene ring substituents is 1. The summed E-state index contributed by atoms with van der Waals surface area (Å²) in [6.45, 7) is 2.35. The van der Waals surface area contributed by atoms with Crippen molar-refractivity contribution in [1.82, 2.24) is 14.8 Å². The summed E-state index contributed by atoms with van der Waals surface area (Å²) in [5.41, 5.74) is -0.976. The number of aromatic nitrogens is 3. The van der Waals surface area contributed by atoms with Crippen molar-refractivity contribution in [2.24, 2.45) is 0 Å². The van der Waals surface area contributed by atoms with Crippen LogP contribution in [0.5, 0.6) is 0 Å². The zero-order valence-electron chi connectivity index (χ0n) is 12.6. The lowest BCUT2D eigenvalue weighted by molar-refractivity contribution is -0.384. The zero-order chi connectivity index (χ0) is 17.7. The number of H-pyrrole nitrogens is 1. The van der Waals surface area contributed by atoms with Crippen molar-refractivity contribution in [3.63, 3.8) is 0 Å². The standard InChI is InChI=1S/C13H14FN5O4S/c1-2-5-18-12(21)16-17-13(18)24-7-11(20)15-10-6-8(19(22)23)3-4-9(10)14/h3-4,6H,2,5,7H2,1H3,(H,15,20)(H,16,21). The van der Waals surface area contributed by atoms with Crippen molar-refractivity contribution < 1.29 is 14.1 Å². The van der Waals surface area contributed by atoms with Gasteiger partial charge in [0.15, 0.2) is 5.16 Å². The van der Waals surface area contributed by atoms with Crippen molar-refractivity contribution in [2.75, 3.05) is 11.1 Å². The molecule has 11 heteroatoms. The minimum atomic E-state index is -0.776. The molecule has 0 aliphatic rings. The van der Waals surface area contributed by atoms with Crippen molar-refractivity contribution in [3.8, 4) is 0 Å². The SMILES string of the molecule is CCCn1c(SCC(=O)Nc2cc([N+](=O)[O-])ccc2F)n[nH]c1=O. The number of aromatic amines is 1. The van der Waals surface area contributed by atoms with E-state index in [1.54, 1.807) is 0 Å². The van der Waals surface area contributed by atoms with Gasteiger partial charge in [-0.25, -0.2) is 14.3 Å². The Morgan fingerprint density at radius 2 is 2.29 bits per heavy atom. The van der Waals surface area contributed by atoms with Crippen LogP contribution in [0.15, 0.2) is 28.2 Å². The summed E-state index contributed by atoms with van der Waals surface area (Å²) >= 11 is 1.00. The molecule has 0 fully saturated rings. The number of nitro groups is 1. The fraction of sp³-hybridized carbons (Fsp3) is 0.308. The Morgan fingerprint density at radius 1 is 1.54 bits per heavy atom. The molecular weight excluding hydrogens is 341 g/mol. The number of anilines is 1. The molecule has 2 aromatic rings. The van der Waals surface area contributed by atoms with Gasteiger partial charge >= 0.3 is 5.69 Å². The van der Waals surface area contributed by atoms with E-state index in [0.717, 1.165) is 36.4 Å². The fourth-order valence-corrected chi connectivity index (χ4v) is 2.65. The minimum Gasteiger partial charge on any atom is -0.323 e. The van der Waals surface area contributed by atoms with Gasteiger partial charge in [-0.15, -0.1) is 5.10 Å². The zero-order valence-corrected chi connectivity index (χ0v) is 13.4. The van der Waals surface area contributed by atoms with Crippen molar-refractivity contribution in [1.29, 1.82) is 0 Å². The van der Waals surface area contributed by atoms with Crippen molar-refractivity contribution >= 4 is 29.0 Å². The van der Waals surface area contributed by atoms with Gasteiger partial charge in [0.2, 0.25) is 5.91 Å². The molecule has 2 N–H and O–H groups in total. The monoisotopic (exact) mass is 355 g/mol. The van der Waals surface area contributed by atoms with Gasteiger partial charge in [-0.2, -0.15) is 0 Å². The Labute approximate surface area is 139 Å². The average Bonchev–Trinajstić information content (AvgIpc) is 2.88. The van der Waals surface area contributed by atoms with Crippen LogP contribution >= 0.6 is 11.8 Å². The third kappa shape index (κ3) is 4.19. The van der Waals surface area contributed by atoms with Crippen LogP contribution in [0.4, 0.5) is 15.8 Å². The van der Waals surface area contributed by atoms with Crippen molar-refractivity contribution in [2.45, 2.75) is 25.0 Å². The quantitative estimate of drug-likeness (QED) is 0.443. The average molecular weight is 355 g/mol. The van der Waals surface area contributed by atoms with Gasteiger partial charge in [0.05, 0.1) is 16.4 Å². The van der Waals surface area contributed by atoms with Gasteiger partial charge in [0.1, 0.15) is 5.82 Å². The van der Waals surface area contributed by atoms with Gasteiger partial charge < -0.3 is 5.32 Å². The molecular formula is C13H14FN5O4S. The topological polar surface area (TPSA) is 123 Å². The number of hydrogen-bond donors (Lipinski definition) is 2. The molecule has 1 aromatic heterocycles. The summed E-state index contributed by atoms with van der Waals surface area (Å²) in [7, 11) is 0. The maximum absolute atomic E-state index is 13.6. The first kappa shape index (κ1) is 17.7. The van der Waals surface area contributed by atoms with Crippen LogP contribution in [0.25, 0.3) is 0 Å². The van der Waals surface area contributed by atoms with E-state index in [9.17, 15) is 24.1 Å². The molecule has 1 amide bonds. The molecule has 9 nitrogen and oxygen atoms in total. The second kappa shape index (κ2) is 7.73. The summed E-state index contributed by atoms with van der Waals surface area (Å²) in [5.74, 6) is -1.48. The third-order valence-electron chi connectivity index (χ3n) is 2.94. The van der Waals surface area contributed by atoms with Gasteiger partial charge in [0, 0.05) is 18.7 Å². The van der Waals surface area contributed by atoms with Gasteiger partial charge in [-0.05, 0) is 12.5 Å². The highest BCUT2D eigenvalue weighted by Crippen LogP contribution is 2.22. The van der Waals surface area contributed by atoms with E-state index in [1.165, 1.54) is 4.57 Å². The Bertz CT molecular complexity index is 819. The van der Waals surface area contributed by atoms with Crippen LogP contribution in [-0.2, 0) is 11.3 Å². The molecule has 24 heavy (non-hydrogen) atoms. The van der Waals surface area contributed by atoms with Crippen molar-refractivity contribution in [3.05, 3.63) is 44.6 Å². The summed E-state index contributed by atoms with van der Waals surface area (Å²) in [6.07, 6.45) is 0.720. The summed E-state index contributed by atoms with van der Waals surface area (Å²) in [6, 6.07) is 2.86. The Morgan fingerprint density at radius 3 is 2.96 bits per heavy atom. The second-order valence-corrected chi connectivity index (χ2v) is 5.66. The van der Waals surface area contributed by atoms with Crippen LogP contribution in [0.2, 0.25) is 0 Å². The normalized spacial score (nSPS) is 10.6. The number of rotatable bonds is 7. The molecule has 2 rings (SSSR count). The molecule has 0 saturated carbocycles. The molecule has 0 unspecified atom stereocenters. The number of halogens is 1. The van der Waals surface area contributed by atoms with E-state index in [2.05, 4.69) is 15.5 Å². The van der Waals surface area contributed by atoms with Crippen LogP contribution in [-0.4, -0.2) is 31.3 Å². The number of carbonyl (C=O) groups excluding carboxylic acids is 1. The van der Waals surface area contributed by atoms with Crippen LogP contribution < -0.4 is 11.0 Å². The maximum Gasteiger partial charge on any atom is 0.343 e. The summed E-state index contributed by atoms with van der Waals surface area (Å²) in [5, 5.41) is 19.4. The van der Waals surface area contributed by atoms with E-state index in [4.69, 9.17) is 0 Å². The predicted octanol–water partition coefficient (Wildman–Crippen LogP) is 1.76. The smallest absolute Gasteiger partial charge is 0.323 e. The Kier molecular flexibility index (Phi) is 5.68. The number of nitrogens with zero attached hydrogens (tertiary/aromatic N) is 3. The molecule has 0 aliphatic heterocycles. The number of carbonyl (C=O) groups is 1. The molecule has 0 saturated heterocycles. The summed E-state index contributed by atoms with van der Waals surface area (Å²) < 4.78 is 15.0. The maximum atomic E-state index is 13.6. The number of thioether (sulfide) groups is 1. The highest BCUT2D eigenvalue weighted by molar-refractivity contribution is 7.99. The molecule has 0 atom stereocenters. The first-order chi connectivity index (χ1) is 11.4. The number of benzene rings is 1. The molecule has 0 spiro atoms. The lowest BCUT2D eigenvalue weighted by Crippen LogP contribution is -2.19. The number of nitro benzene ring substituents is 1. The Hall–Kier alpha value is -2.69. The highest BCUT2D eigenvalue weighted by atomic mass is 32.2. The first-order valence-corrected chi connectivity index (χ1v) is 7.92. The number of hydrogen-bond acceptors (Lipinski definition) is 6. The molecule has 1 aromatic carbocycles. The lowest BCUT2D eigenvalue weighted by Gasteiger charge is -2.06. The van der Waals surface area contributed by atoms with Crippen LogP contribution in [0.3, 0.4) is 0 Å². The van der Waals surface area contributed by atoms with E-state index in [1.807, 2.05) is 6.92 Å². The van der Waals surface area contributed by atoms with E-state index in [-0.39, 0.29) is 22.8 Å². The summed E-state index contributed by atoms with van der Waals surface area (Å²) in [4.78, 5) is 33.4. The van der Waals surface area contributed by atoms with E-state index in [0.29, 0.717) is 11.7 Å². The molecule has 0 radical (unpaired) electrons. The molecule has 128 valence electrons. The van der Waals surface area contributed by atoms with Crippen LogP contribution in [0.1, 0.15) is 13.3 Å². The fourth-order valence-electron chi connectivity index (χ4n) is 1.87. The van der Waals surface area contributed by atoms with E-state index < -0.39 is 16.6 Å². The van der Waals surface area contributed by atoms with Gasteiger partial charge in [0.25, 0.3) is 5.69 Å². The molecule has 0 aliphatic carbocycles. The number of nitrogens with one attached hydrogen (secondary N) is 2. The molecule has 0 bridgehead atoms. The first-order valence-electron chi connectivity index (χ1n) is 6.94. The van der Waals surface area contributed by atoms with Gasteiger partial charge in [-0.3, -0.25) is 19.5 Å². The minimum absolute atomic E-state index is 0.129.